The molecule has 1 aliphatic rings. The number of hydrogen-bond acceptors (Lipinski definition) is 3. The Balaban J connectivity index is 1.96. The van der Waals surface area contributed by atoms with Crippen LogP contribution in [-0.2, 0) is 11.3 Å². The highest BCUT2D eigenvalue weighted by atomic mass is 32.2. The van der Waals surface area contributed by atoms with E-state index in [0.29, 0.717) is 6.54 Å². The zero-order valence-corrected chi connectivity index (χ0v) is 13.2. The molecule has 20 heavy (non-hydrogen) atoms. The van der Waals surface area contributed by atoms with Crippen LogP contribution in [0.25, 0.3) is 0 Å². The van der Waals surface area contributed by atoms with Gasteiger partial charge in [-0.2, -0.15) is 0 Å². The average Bonchev–Trinajstić information content (AvgIpc) is 2.46. The van der Waals surface area contributed by atoms with Crippen molar-refractivity contribution < 1.29 is 4.79 Å². The maximum atomic E-state index is 12.5. The lowest BCUT2D eigenvalue weighted by Gasteiger charge is -2.29. The van der Waals surface area contributed by atoms with Gasteiger partial charge >= 0.3 is 0 Å². The summed E-state index contributed by atoms with van der Waals surface area (Å²) in [5, 5.41) is 0. The van der Waals surface area contributed by atoms with Crippen LogP contribution in [0, 0.1) is 5.92 Å². The lowest BCUT2D eigenvalue weighted by atomic mass is 9.85. The van der Waals surface area contributed by atoms with Crippen LogP contribution in [0.4, 0.5) is 0 Å². The molecule has 0 bridgehead atoms. The largest absolute Gasteiger partial charge is 0.341 e. The molecule has 1 fully saturated rings. The highest BCUT2D eigenvalue weighted by Gasteiger charge is 2.27. The van der Waals surface area contributed by atoms with E-state index in [1.165, 1.54) is 10.5 Å². The van der Waals surface area contributed by atoms with Crippen molar-refractivity contribution in [3.05, 3.63) is 29.8 Å². The highest BCUT2D eigenvalue weighted by molar-refractivity contribution is 7.98. The molecule has 2 N–H and O–H groups in total. The predicted molar refractivity (Wildman–Crippen MR) is 84.6 cm³/mol. The number of thioether (sulfide) groups is 1. The summed E-state index contributed by atoms with van der Waals surface area (Å²) in [7, 11) is 1.90. The minimum atomic E-state index is 0.118. The molecule has 2 rings (SSSR count). The van der Waals surface area contributed by atoms with Gasteiger partial charge in [0, 0.05) is 30.4 Å². The van der Waals surface area contributed by atoms with Crippen molar-refractivity contribution in [1.82, 2.24) is 4.90 Å². The molecular formula is C16H24N2OS. The summed E-state index contributed by atoms with van der Waals surface area (Å²) < 4.78 is 0. The molecule has 1 aromatic carbocycles. The van der Waals surface area contributed by atoms with Crippen molar-refractivity contribution in [2.24, 2.45) is 11.7 Å². The van der Waals surface area contributed by atoms with Gasteiger partial charge in [0.25, 0.3) is 0 Å². The van der Waals surface area contributed by atoms with E-state index >= 15 is 0 Å². The zero-order chi connectivity index (χ0) is 14.5. The molecule has 2 atom stereocenters. The zero-order valence-electron chi connectivity index (χ0n) is 12.3. The van der Waals surface area contributed by atoms with E-state index in [1.807, 2.05) is 11.9 Å². The first-order chi connectivity index (χ1) is 9.60. The smallest absolute Gasteiger partial charge is 0.225 e. The highest BCUT2D eigenvalue weighted by Crippen LogP contribution is 2.25. The molecule has 4 heteroatoms. The van der Waals surface area contributed by atoms with Crippen LogP contribution in [0.2, 0.25) is 0 Å². The molecule has 0 saturated heterocycles. The second-order valence-electron chi connectivity index (χ2n) is 5.67. The second-order valence-corrected chi connectivity index (χ2v) is 6.55. The number of benzene rings is 1. The first kappa shape index (κ1) is 15.4. The molecule has 1 amide bonds. The van der Waals surface area contributed by atoms with Crippen molar-refractivity contribution in [3.8, 4) is 0 Å². The lowest BCUT2D eigenvalue weighted by Crippen LogP contribution is -2.38. The number of hydrogen-bond donors (Lipinski definition) is 1. The van der Waals surface area contributed by atoms with Gasteiger partial charge in [-0.15, -0.1) is 11.8 Å². The van der Waals surface area contributed by atoms with E-state index in [-0.39, 0.29) is 17.9 Å². The lowest BCUT2D eigenvalue weighted by molar-refractivity contribution is -0.135. The fourth-order valence-electron chi connectivity index (χ4n) is 2.89. The summed E-state index contributed by atoms with van der Waals surface area (Å²) in [6, 6.07) is 8.58. The topological polar surface area (TPSA) is 46.3 Å². The summed E-state index contributed by atoms with van der Waals surface area (Å²) in [5.41, 5.74) is 7.17. The maximum absolute atomic E-state index is 12.5. The summed E-state index contributed by atoms with van der Waals surface area (Å²) in [4.78, 5) is 15.6. The van der Waals surface area contributed by atoms with E-state index in [1.54, 1.807) is 11.8 Å². The van der Waals surface area contributed by atoms with Gasteiger partial charge in [-0.25, -0.2) is 0 Å². The molecule has 1 aromatic rings. The van der Waals surface area contributed by atoms with Crippen LogP contribution in [-0.4, -0.2) is 30.2 Å². The third kappa shape index (κ3) is 4.00. The van der Waals surface area contributed by atoms with Gasteiger partial charge in [0.15, 0.2) is 0 Å². The number of nitrogens with zero attached hydrogens (tertiary/aromatic N) is 1. The van der Waals surface area contributed by atoms with Crippen LogP contribution in [0.15, 0.2) is 29.2 Å². The quantitative estimate of drug-likeness (QED) is 0.868. The second kappa shape index (κ2) is 7.14. The van der Waals surface area contributed by atoms with Crippen LogP contribution in [0.3, 0.4) is 0 Å². The molecule has 0 radical (unpaired) electrons. The Bertz CT molecular complexity index is 464. The SMILES string of the molecule is CSc1cccc(CN(C)C(=O)[C@H]2CCC[C@@H](N)C2)c1. The molecule has 110 valence electrons. The molecule has 0 aliphatic heterocycles. The van der Waals surface area contributed by atoms with Gasteiger partial charge < -0.3 is 10.6 Å². The third-order valence-corrected chi connectivity index (χ3v) is 4.72. The Labute approximate surface area is 125 Å². The summed E-state index contributed by atoms with van der Waals surface area (Å²) in [5.74, 6) is 0.363. The Morgan fingerprint density at radius 3 is 2.95 bits per heavy atom. The van der Waals surface area contributed by atoms with Gasteiger partial charge in [-0.1, -0.05) is 18.6 Å². The fourth-order valence-corrected chi connectivity index (χ4v) is 3.37. The van der Waals surface area contributed by atoms with Crippen molar-refractivity contribution in [1.29, 1.82) is 0 Å². The van der Waals surface area contributed by atoms with Crippen molar-refractivity contribution in [2.75, 3.05) is 13.3 Å². The van der Waals surface area contributed by atoms with Gasteiger partial charge in [0.2, 0.25) is 5.91 Å². The van der Waals surface area contributed by atoms with Gasteiger partial charge in [0.1, 0.15) is 0 Å². The van der Waals surface area contributed by atoms with Crippen molar-refractivity contribution >= 4 is 17.7 Å². The van der Waals surface area contributed by atoms with E-state index in [4.69, 9.17) is 5.73 Å². The molecule has 1 aliphatic carbocycles. The van der Waals surface area contributed by atoms with E-state index in [9.17, 15) is 4.79 Å². The Morgan fingerprint density at radius 1 is 1.45 bits per heavy atom. The van der Waals surface area contributed by atoms with Gasteiger partial charge in [-0.3, -0.25) is 4.79 Å². The summed E-state index contributed by atoms with van der Waals surface area (Å²) in [6.45, 7) is 0.680. The average molecular weight is 292 g/mol. The normalized spacial score (nSPS) is 22.6. The number of nitrogens with two attached hydrogens (primary N) is 1. The van der Waals surface area contributed by atoms with Crippen LogP contribution < -0.4 is 5.73 Å². The van der Waals surface area contributed by atoms with Gasteiger partial charge in [-0.05, 0) is 43.2 Å². The number of carbonyl (C=O) groups excluding carboxylic acids is 1. The molecule has 1 saturated carbocycles. The Kier molecular flexibility index (Phi) is 5.49. The molecular weight excluding hydrogens is 268 g/mol. The Hall–Kier alpha value is -1.00. The van der Waals surface area contributed by atoms with E-state index < -0.39 is 0 Å². The Morgan fingerprint density at radius 2 is 2.25 bits per heavy atom. The van der Waals surface area contributed by atoms with Crippen LogP contribution in [0.1, 0.15) is 31.2 Å². The van der Waals surface area contributed by atoms with Crippen LogP contribution >= 0.6 is 11.8 Å². The minimum absolute atomic E-state index is 0.118. The third-order valence-electron chi connectivity index (χ3n) is 3.99. The predicted octanol–water partition coefficient (Wildman–Crippen LogP) is 2.88. The first-order valence-electron chi connectivity index (χ1n) is 7.23. The summed E-state index contributed by atoms with van der Waals surface area (Å²) >= 11 is 1.73. The minimum Gasteiger partial charge on any atom is -0.341 e. The van der Waals surface area contributed by atoms with Gasteiger partial charge in [0.05, 0.1) is 0 Å². The molecule has 3 nitrogen and oxygen atoms in total. The number of amides is 1. The van der Waals surface area contributed by atoms with Crippen molar-refractivity contribution in [2.45, 2.75) is 43.2 Å². The molecule has 0 heterocycles. The van der Waals surface area contributed by atoms with Crippen molar-refractivity contribution in [3.63, 3.8) is 0 Å². The standard InChI is InChI=1S/C16H24N2OS/c1-18(11-12-5-3-8-15(9-12)20-2)16(19)13-6-4-7-14(17)10-13/h3,5,8-9,13-14H,4,6-7,10-11,17H2,1-2H3/t13-,14+/m0/s1. The molecule has 0 spiro atoms. The van der Waals surface area contributed by atoms with E-state index in [0.717, 1.165) is 25.7 Å². The molecule has 0 unspecified atom stereocenters. The van der Waals surface area contributed by atoms with Crippen LogP contribution in [0.5, 0.6) is 0 Å². The number of carbonyl (C=O) groups is 1. The number of rotatable bonds is 4. The maximum Gasteiger partial charge on any atom is 0.225 e. The first-order valence-corrected chi connectivity index (χ1v) is 8.46. The molecule has 0 aromatic heterocycles. The summed E-state index contributed by atoms with van der Waals surface area (Å²) in [6.07, 6.45) is 6.03. The fraction of sp³-hybridized carbons (Fsp3) is 0.562. The van der Waals surface area contributed by atoms with E-state index in [2.05, 4.69) is 30.5 Å². The monoisotopic (exact) mass is 292 g/mol.